The Kier molecular flexibility index (Phi) is 6.51. The molecule has 0 saturated heterocycles. The maximum absolute atomic E-state index is 2.76. The lowest BCUT2D eigenvalue weighted by atomic mass is 9.44. The van der Waals surface area contributed by atoms with E-state index in [0.29, 0.717) is 10.8 Å². The summed E-state index contributed by atoms with van der Waals surface area (Å²) >= 11 is 0. The van der Waals surface area contributed by atoms with Gasteiger partial charge in [0.2, 0.25) is 0 Å². The van der Waals surface area contributed by atoms with Crippen LogP contribution in [0.2, 0.25) is 0 Å². The lowest BCUT2D eigenvalue weighted by molar-refractivity contribution is -0.114. The molecule has 29 heavy (non-hydrogen) atoms. The van der Waals surface area contributed by atoms with Crippen molar-refractivity contribution in [2.45, 2.75) is 125 Å². The predicted molar refractivity (Wildman–Crippen MR) is 127 cm³/mol. The van der Waals surface area contributed by atoms with Gasteiger partial charge in [-0.1, -0.05) is 67.2 Å². The van der Waals surface area contributed by atoms with Crippen LogP contribution in [0.15, 0.2) is 0 Å². The molecule has 0 unspecified atom stereocenters. The highest BCUT2D eigenvalue weighted by Crippen LogP contribution is 2.68. The molecule has 0 aromatic heterocycles. The Bertz CT molecular complexity index is 548. The second kappa shape index (κ2) is 8.50. The predicted octanol–water partition coefficient (Wildman–Crippen LogP) is 9.13. The highest BCUT2D eigenvalue weighted by molar-refractivity contribution is 5.09. The summed E-state index contributed by atoms with van der Waals surface area (Å²) < 4.78 is 0. The van der Waals surface area contributed by atoms with Crippen LogP contribution < -0.4 is 0 Å². The van der Waals surface area contributed by atoms with Crippen molar-refractivity contribution in [1.29, 1.82) is 0 Å². The molecule has 0 aliphatic heterocycles. The molecular weight excluding hydrogens is 348 g/mol. The van der Waals surface area contributed by atoms with Crippen LogP contribution in [0.1, 0.15) is 125 Å². The summed E-state index contributed by atoms with van der Waals surface area (Å²) in [7, 11) is 0. The van der Waals surface area contributed by atoms with E-state index in [4.69, 9.17) is 0 Å². The molecule has 9 atom stereocenters. The van der Waals surface area contributed by atoms with Crippen LogP contribution in [0.5, 0.6) is 0 Å². The van der Waals surface area contributed by atoms with Crippen molar-refractivity contribution in [3.63, 3.8) is 0 Å². The van der Waals surface area contributed by atoms with Crippen molar-refractivity contribution in [2.24, 2.45) is 58.2 Å². The summed E-state index contributed by atoms with van der Waals surface area (Å²) in [5, 5.41) is 0. The van der Waals surface area contributed by atoms with Gasteiger partial charge in [0.15, 0.2) is 0 Å². The molecule has 0 bridgehead atoms. The summed E-state index contributed by atoms with van der Waals surface area (Å²) in [5.74, 6) is 8.02. The van der Waals surface area contributed by atoms with Crippen LogP contribution >= 0.6 is 0 Å². The second-order valence-electron chi connectivity index (χ2n) is 13.1. The van der Waals surface area contributed by atoms with Crippen LogP contribution in [-0.2, 0) is 0 Å². The molecule has 4 saturated carbocycles. The van der Waals surface area contributed by atoms with Crippen molar-refractivity contribution in [1.82, 2.24) is 0 Å². The van der Waals surface area contributed by atoms with E-state index < -0.39 is 0 Å². The van der Waals surface area contributed by atoms with Crippen LogP contribution in [-0.4, -0.2) is 0 Å². The zero-order chi connectivity index (χ0) is 20.8. The molecule has 0 N–H and O–H groups in total. The first-order valence-electron chi connectivity index (χ1n) is 13.8. The standard InChI is InChI=1S/C29H52/c1-7-22(20(2)3)12-11-21(4)25-15-16-26-24-14-13-23-10-8-9-18-28(23,5)27(24)17-19-29(25,26)6/h20-27H,7-19H2,1-6H3/t21-,22+,23+,24-,25+,26-,27-,28-,29+/m0/s1. The van der Waals surface area contributed by atoms with Gasteiger partial charge in [-0.25, -0.2) is 0 Å². The van der Waals surface area contributed by atoms with E-state index in [0.717, 1.165) is 47.3 Å². The van der Waals surface area contributed by atoms with Gasteiger partial charge in [0.1, 0.15) is 0 Å². The topological polar surface area (TPSA) is 0 Å². The van der Waals surface area contributed by atoms with E-state index in [1.54, 1.807) is 51.4 Å². The molecule has 0 heteroatoms. The molecule has 0 radical (unpaired) electrons. The molecule has 0 amide bonds. The first-order chi connectivity index (χ1) is 13.8. The third-order valence-electron chi connectivity index (χ3n) is 11.8. The summed E-state index contributed by atoms with van der Waals surface area (Å²) in [6.45, 7) is 15.4. The Morgan fingerprint density at radius 2 is 1.52 bits per heavy atom. The van der Waals surface area contributed by atoms with Gasteiger partial charge < -0.3 is 0 Å². The zero-order valence-electron chi connectivity index (χ0n) is 20.8. The Labute approximate surface area is 183 Å². The Balaban J connectivity index is 1.45. The van der Waals surface area contributed by atoms with Crippen LogP contribution in [0.4, 0.5) is 0 Å². The average molecular weight is 401 g/mol. The molecule has 0 spiro atoms. The van der Waals surface area contributed by atoms with Gasteiger partial charge >= 0.3 is 0 Å². The number of rotatable bonds is 6. The van der Waals surface area contributed by atoms with Gasteiger partial charge in [0, 0.05) is 0 Å². The largest absolute Gasteiger partial charge is 0.0651 e. The first-order valence-corrected chi connectivity index (χ1v) is 13.8. The third-order valence-corrected chi connectivity index (χ3v) is 11.8. The molecule has 4 rings (SSSR count). The molecule has 0 nitrogen and oxygen atoms in total. The lowest BCUT2D eigenvalue weighted by Crippen LogP contribution is -2.53. The number of fused-ring (bicyclic) bond motifs is 5. The number of hydrogen-bond acceptors (Lipinski definition) is 0. The maximum Gasteiger partial charge on any atom is -0.0264 e. The van der Waals surface area contributed by atoms with Crippen LogP contribution in [0.3, 0.4) is 0 Å². The van der Waals surface area contributed by atoms with Gasteiger partial charge in [0.05, 0.1) is 0 Å². The quantitative estimate of drug-likeness (QED) is 0.417. The second-order valence-corrected chi connectivity index (χ2v) is 13.1. The molecule has 0 aromatic rings. The highest BCUT2D eigenvalue weighted by atomic mass is 14.6. The minimum Gasteiger partial charge on any atom is -0.0651 e. The Hall–Kier alpha value is 0. The van der Waals surface area contributed by atoms with Gasteiger partial charge in [-0.3, -0.25) is 0 Å². The zero-order valence-corrected chi connectivity index (χ0v) is 20.8. The van der Waals surface area contributed by atoms with Crippen molar-refractivity contribution in [3.8, 4) is 0 Å². The Morgan fingerprint density at radius 3 is 2.24 bits per heavy atom. The van der Waals surface area contributed by atoms with E-state index in [2.05, 4.69) is 41.5 Å². The van der Waals surface area contributed by atoms with E-state index in [9.17, 15) is 0 Å². The molecule has 4 aliphatic rings. The van der Waals surface area contributed by atoms with Gasteiger partial charge in [-0.15, -0.1) is 0 Å². The molecule has 4 fully saturated rings. The van der Waals surface area contributed by atoms with Gasteiger partial charge in [0.25, 0.3) is 0 Å². The number of hydrogen-bond donors (Lipinski definition) is 0. The van der Waals surface area contributed by atoms with E-state index in [1.807, 2.05) is 0 Å². The Morgan fingerprint density at radius 1 is 0.759 bits per heavy atom. The SMILES string of the molecule is CC[C@H](CC[C@H](C)[C@H]1CC[C@H]2[C@@H]3CC[C@H]4CCCC[C@]4(C)[C@H]3CC[C@]12C)C(C)C. The van der Waals surface area contributed by atoms with Crippen molar-refractivity contribution in [3.05, 3.63) is 0 Å². The summed E-state index contributed by atoms with van der Waals surface area (Å²) in [4.78, 5) is 0. The molecular formula is C29H52. The lowest BCUT2D eigenvalue weighted by Gasteiger charge is -2.61. The highest BCUT2D eigenvalue weighted by Gasteiger charge is 2.60. The van der Waals surface area contributed by atoms with E-state index in [1.165, 1.54) is 32.1 Å². The minimum atomic E-state index is 0.665. The van der Waals surface area contributed by atoms with Crippen molar-refractivity contribution < 1.29 is 0 Å². The van der Waals surface area contributed by atoms with Crippen molar-refractivity contribution >= 4 is 0 Å². The van der Waals surface area contributed by atoms with Crippen molar-refractivity contribution in [2.75, 3.05) is 0 Å². The summed E-state index contributed by atoms with van der Waals surface area (Å²) in [6.07, 6.45) is 19.8. The van der Waals surface area contributed by atoms with Gasteiger partial charge in [-0.2, -0.15) is 0 Å². The maximum atomic E-state index is 2.76. The minimum absolute atomic E-state index is 0.665. The monoisotopic (exact) mass is 400 g/mol. The smallest absolute Gasteiger partial charge is 0.0264 e. The van der Waals surface area contributed by atoms with E-state index in [-0.39, 0.29) is 0 Å². The normalized spacial score (nSPS) is 46.7. The average Bonchev–Trinajstić information content (AvgIpc) is 3.05. The fraction of sp³-hybridized carbons (Fsp3) is 1.00. The fourth-order valence-corrected chi connectivity index (χ4v) is 9.96. The molecule has 0 heterocycles. The van der Waals surface area contributed by atoms with Crippen LogP contribution in [0, 0.1) is 58.2 Å². The molecule has 4 aliphatic carbocycles. The summed E-state index contributed by atoms with van der Waals surface area (Å²) in [6, 6.07) is 0. The third kappa shape index (κ3) is 3.75. The van der Waals surface area contributed by atoms with Crippen LogP contribution in [0.25, 0.3) is 0 Å². The summed E-state index contributed by atoms with van der Waals surface area (Å²) in [5.41, 5.74) is 1.37. The molecule has 168 valence electrons. The van der Waals surface area contributed by atoms with Gasteiger partial charge in [-0.05, 0) is 116 Å². The first kappa shape index (κ1) is 22.2. The van der Waals surface area contributed by atoms with E-state index >= 15 is 0 Å². The molecule has 0 aromatic carbocycles. The fourth-order valence-electron chi connectivity index (χ4n) is 9.96.